The van der Waals surface area contributed by atoms with Gasteiger partial charge in [0.25, 0.3) is 0 Å². The van der Waals surface area contributed by atoms with Crippen LogP contribution in [0.3, 0.4) is 0 Å². The molecule has 0 radical (unpaired) electrons. The predicted molar refractivity (Wildman–Crippen MR) is 63.0 cm³/mol. The van der Waals surface area contributed by atoms with Gasteiger partial charge >= 0.3 is 0 Å². The second-order valence-corrected chi connectivity index (χ2v) is 3.78. The molecule has 0 bridgehead atoms. The maximum Gasteiger partial charge on any atom is 0.236 e. The molecule has 0 aromatic heterocycles. The van der Waals surface area contributed by atoms with Crippen LogP contribution in [-0.4, -0.2) is 77.1 Å². The number of carbonyl (C=O) groups excluding carboxylic acids is 1. The summed E-state index contributed by atoms with van der Waals surface area (Å²) in [7, 11) is 1.64. The first kappa shape index (κ1) is 14.4. The number of carbonyl (C=O) groups is 1. The molecule has 0 unspecified atom stereocenters. The monoisotopic (exact) mass is 246 g/mol. The molecule has 100 valence electrons. The molecule has 0 atom stereocenters. The molecule has 0 aromatic carbocycles. The second kappa shape index (κ2) is 9.35. The van der Waals surface area contributed by atoms with Crippen LogP contribution < -0.4 is 5.32 Å². The third-order valence-corrected chi connectivity index (χ3v) is 2.50. The number of nitrogens with one attached hydrogen (secondary N) is 1. The second-order valence-electron chi connectivity index (χ2n) is 3.78. The van der Waals surface area contributed by atoms with E-state index in [2.05, 4.69) is 5.32 Å². The lowest BCUT2D eigenvalue weighted by molar-refractivity contribution is -0.132. The number of amides is 1. The largest absolute Gasteiger partial charge is 0.382 e. The normalized spacial score (nSPS) is 16.5. The lowest BCUT2D eigenvalue weighted by Crippen LogP contribution is -2.49. The van der Waals surface area contributed by atoms with Gasteiger partial charge in [0.1, 0.15) is 0 Å². The Hall–Kier alpha value is -0.690. The highest BCUT2D eigenvalue weighted by molar-refractivity contribution is 5.78. The Morgan fingerprint density at radius 3 is 2.59 bits per heavy atom. The Morgan fingerprint density at radius 2 is 1.88 bits per heavy atom. The van der Waals surface area contributed by atoms with Gasteiger partial charge in [-0.25, -0.2) is 0 Å². The average Bonchev–Trinajstić information content (AvgIpc) is 2.35. The van der Waals surface area contributed by atoms with Crippen LogP contribution in [0.1, 0.15) is 0 Å². The van der Waals surface area contributed by atoms with Crippen molar-refractivity contribution in [3.05, 3.63) is 0 Å². The van der Waals surface area contributed by atoms with Crippen molar-refractivity contribution in [1.29, 1.82) is 0 Å². The van der Waals surface area contributed by atoms with Crippen molar-refractivity contribution in [3.63, 3.8) is 0 Å². The van der Waals surface area contributed by atoms with Crippen molar-refractivity contribution in [3.8, 4) is 0 Å². The molecule has 0 spiro atoms. The Balaban J connectivity index is 1.88. The summed E-state index contributed by atoms with van der Waals surface area (Å²) in [5, 5.41) is 3.03. The lowest BCUT2D eigenvalue weighted by atomic mass is 10.3. The molecule has 0 aromatic rings. The van der Waals surface area contributed by atoms with Crippen molar-refractivity contribution in [2.75, 3.05) is 66.3 Å². The lowest BCUT2D eigenvalue weighted by Gasteiger charge is -2.27. The number of hydrogen-bond donors (Lipinski definition) is 1. The minimum absolute atomic E-state index is 0.149. The zero-order chi connectivity index (χ0) is 12.3. The van der Waals surface area contributed by atoms with E-state index < -0.39 is 0 Å². The van der Waals surface area contributed by atoms with Gasteiger partial charge in [0, 0.05) is 26.7 Å². The predicted octanol–water partition coefficient (Wildman–Crippen LogP) is -0.902. The van der Waals surface area contributed by atoms with E-state index in [4.69, 9.17) is 14.2 Å². The molecule has 1 amide bonds. The fourth-order valence-corrected chi connectivity index (χ4v) is 1.52. The third kappa shape index (κ3) is 6.58. The summed E-state index contributed by atoms with van der Waals surface area (Å²) in [5.41, 5.74) is 0. The van der Waals surface area contributed by atoms with Crippen LogP contribution in [0.15, 0.2) is 0 Å². The van der Waals surface area contributed by atoms with Crippen molar-refractivity contribution in [2.24, 2.45) is 0 Å². The van der Waals surface area contributed by atoms with Gasteiger partial charge in [-0.05, 0) is 0 Å². The van der Waals surface area contributed by atoms with Crippen LogP contribution in [0.5, 0.6) is 0 Å². The average molecular weight is 246 g/mol. The zero-order valence-electron chi connectivity index (χ0n) is 10.4. The molecule has 0 aliphatic carbocycles. The van der Waals surface area contributed by atoms with Crippen LogP contribution in [0, 0.1) is 0 Å². The molecule has 1 rings (SSSR count). The maximum atomic E-state index is 11.4. The number of ether oxygens (including phenoxy) is 3. The first-order chi connectivity index (χ1) is 8.34. The van der Waals surface area contributed by atoms with E-state index in [1.807, 2.05) is 4.90 Å². The molecule has 0 saturated carbocycles. The maximum absolute atomic E-state index is 11.4. The fraction of sp³-hybridized carbons (Fsp3) is 0.909. The van der Waals surface area contributed by atoms with Gasteiger partial charge in [-0.15, -0.1) is 0 Å². The quantitative estimate of drug-likeness (QED) is 0.534. The van der Waals surface area contributed by atoms with Crippen LogP contribution >= 0.6 is 0 Å². The molecule has 17 heavy (non-hydrogen) atoms. The van der Waals surface area contributed by atoms with E-state index in [-0.39, 0.29) is 5.91 Å². The molecule has 1 fully saturated rings. The number of rotatable bonds is 9. The molecule has 1 heterocycles. The van der Waals surface area contributed by atoms with E-state index in [1.165, 1.54) is 0 Å². The Morgan fingerprint density at radius 1 is 1.18 bits per heavy atom. The highest BCUT2D eigenvalue weighted by Crippen LogP contribution is 1.93. The minimum Gasteiger partial charge on any atom is -0.382 e. The fourth-order valence-electron chi connectivity index (χ4n) is 1.52. The third-order valence-electron chi connectivity index (χ3n) is 2.50. The summed E-state index contributed by atoms with van der Waals surface area (Å²) in [4.78, 5) is 13.2. The Kier molecular flexibility index (Phi) is 7.91. The molecule has 1 aliphatic rings. The number of nitrogens with zero attached hydrogens (tertiary/aromatic N) is 1. The van der Waals surface area contributed by atoms with Gasteiger partial charge in [0.05, 0.1) is 39.6 Å². The van der Waals surface area contributed by atoms with E-state index in [1.54, 1.807) is 7.11 Å². The first-order valence-corrected chi connectivity index (χ1v) is 5.97. The molecular weight excluding hydrogens is 224 g/mol. The van der Waals surface area contributed by atoms with Crippen LogP contribution in [-0.2, 0) is 19.0 Å². The van der Waals surface area contributed by atoms with Gasteiger partial charge in [0.15, 0.2) is 0 Å². The standard InChI is InChI=1S/C11H22N2O4/c1-15-6-7-17-9-8-16-5-4-13-3-2-12-10-11(13)14/h12H,2-10H2,1H3. The minimum atomic E-state index is 0.149. The SMILES string of the molecule is COCCOCCOCCN1CCNCC1=O. The van der Waals surface area contributed by atoms with Crippen LogP contribution in [0.2, 0.25) is 0 Å². The van der Waals surface area contributed by atoms with Crippen molar-refractivity contribution >= 4 is 5.91 Å². The molecule has 1 N–H and O–H groups in total. The van der Waals surface area contributed by atoms with Gasteiger partial charge < -0.3 is 24.4 Å². The van der Waals surface area contributed by atoms with Gasteiger partial charge in [-0.3, -0.25) is 4.79 Å². The van der Waals surface area contributed by atoms with Crippen LogP contribution in [0.4, 0.5) is 0 Å². The number of piperazine rings is 1. The highest BCUT2D eigenvalue weighted by atomic mass is 16.5. The van der Waals surface area contributed by atoms with Crippen molar-refractivity contribution < 1.29 is 19.0 Å². The summed E-state index contributed by atoms with van der Waals surface area (Å²) in [6.45, 7) is 5.64. The summed E-state index contributed by atoms with van der Waals surface area (Å²) in [5.74, 6) is 0.149. The van der Waals surface area contributed by atoms with Crippen molar-refractivity contribution in [1.82, 2.24) is 10.2 Å². The van der Waals surface area contributed by atoms with Gasteiger partial charge in [-0.2, -0.15) is 0 Å². The van der Waals surface area contributed by atoms with Crippen LogP contribution in [0.25, 0.3) is 0 Å². The van der Waals surface area contributed by atoms with E-state index in [9.17, 15) is 4.79 Å². The zero-order valence-corrected chi connectivity index (χ0v) is 10.4. The summed E-state index contributed by atoms with van der Waals surface area (Å²) in [6.07, 6.45) is 0. The molecular formula is C11H22N2O4. The summed E-state index contributed by atoms with van der Waals surface area (Å²) < 4.78 is 15.5. The number of hydrogen-bond acceptors (Lipinski definition) is 5. The number of methoxy groups -OCH3 is 1. The van der Waals surface area contributed by atoms with E-state index in [0.29, 0.717) is 46.1 Å². The topological polar surface area (TPSA) is 60.0 Å². The molecule has 1 saturated heterocycles. The van der Waals surface area contributed by atoms with E-state index in [0.717, 1.165) is 13.1 Å². The highest BCUT2D eigenvalue weighted by Gasteiger charge is 2.16. The smallest absolute Gasteiger partial charge is 0.236 e. The van der Waals surface area contributed by atoms with Gasteiger partial charge in [0.2, 0.25) is 5.91 Å². The van der Waals surface area contributed by atoms with Crippen molar-refractivity contribution in [2.45, 2.75) is 0 Å². The molecule has 6 nitrogen and oxygen atoms in total. The van der Waals surface area contributed by atoms with Gasteiger partial charge in [-0.1, -0.05) is 0 Å². The summed E-state index contributed by atoms with van der Waals surface area (Å²) in [6, 6.07) is 0. The first-order valence-electron chi connectivity index (χ1n) is 5.97. The summed E-state index contributed by atoms with van der Waals surface area (Å²) >= 11 is 0. The molecule has 6 heteroatoms. The Bertz CT molecular complexity index is 214. The van der Waals surface area contributed by atoms with E-state index >= 15 is 0 Å². The Labute approximate surface area is 102 Å². The molecule has 1 aliphatic heterocycles.